The maximum Gasteiger partial charge on any atom is 0.283 e. The minimum atomic E-state index is -0.329. The van der Waals surface area contributed by atoms with Crippen LogP contribution >= 0.6 is 0 Å². The molecule has 3 N–H and O–H groups in total. The highest BCUT2D eigenvalue weighted by molar-refractivity contribution is 5.69. The molecule has 3 rings (SSSR count). The van der Waals surface area contributed by atoms with E-state index >= 15 is 0 Å². The van der Waals surface area contributed by atoms with Crippen LogP contribution in [-0.2, 0) is 6.54 Å². The number of nitrogens with zero attached hydrogens (tertiary/aromatic N) is 3. The number of imidazole rings is 1. The van der Waals surface area contributed by atoms with Gasteiger partial charge in [-0.3, -0.25) is 9.36 Å². The summed E-state index contributed by atoms with van der Waals surface area (Å²) in [4.78, 5) is 22.9. The summed E-state index contributed by atoms with van der Waals surface area (Å²) in [5, 5.41) is 0. The van der Waals surface area contributed by atoms with Crippen LogP contribution in [0.4, 0.5) is 10.3 Å². The van der Waals surface area contributed by atoms with E-state index in [1.807, 2.05) is 0 Å². The molecule has 0 amide bonds. The first-order valence-electron chi connectivity index (χ1n) is 5.59. The van der Waals surface area contributed by atoms with E-state index in [9.17, 15) is 9.18 Å². The molecular weight excluding hydrogens is 249 g/mol. The number of aromatic nitrogens is 4. The SMILES string of the molecule is Nc1nc2[nH]cnc2c(=O)n1Cc1ccc(F)cc1. The molecule has 3 aromatic rings. The fourth-order valence-corrected chi connectivity index (χ4v) is 1.86. The first kappa shape index (κ1) is 11.4. The number of fused-ring (bicyclic) bond motifs is 1. The third-order valence-electron chi connectivity index (χ3n) is 2.82. The van der Waals surface area contributed by atoms with E-state index in [-0.39, 0.29) is 29.4 Å². The second-order valence-corrected chi connectivity index (χ2v) is 4.09. The number of halogens is 1. The Balaban J connectivity index is 2.09. The molecule has 0 atom stereocenters. The molecule has 0 bridgehead atoms. The molecular formula is C12H10FN5O. The minimum absolute atomic E-state index is 0.0890. The summed E-state index contributed by atoms with van der Waals surface area (Å²) in [6, 6.07) is 5.85. The second kappa shape index (κ2) is 4.20. The summed E-state index contributed by atoms with van der Waals surface area (Å²) in [6.45, 7) is 0.223. The average Bonchev–Trinajstić information content (AvgIpc) is 2.85. The van der Waals surface area contributed by atoms with E-state index in [2.05, 4.69) is 15.0 Å². The second-order valence-electron chi connectivity index (χ2n) is 4.09. The van der Waals surface area contributed by atoms with E-state index in [0.29, 0.717) is 5.65 Å². The lowest BCUT2D eigenvalue weighted by Crippen LogP contribution is -2.25. The maximum absolute atomic E-state index is 12.8. The normalized spacial score (nSPS) is 11.0. The van der Waals surface area contributed by atoms with Crippen molar-refractivity contribution in [2.45, 2.75) is 6.54 Å². The molecule has 0 aliphatic heterocycles. The lowest BCUT2D eigenvalue weighted by Gasteiger charge is -2.08. The molecule has 0 aliphatic rings. The van der Waals surface area contributed by atoms with Gasteiger partial charge < -0.3 is 10.7 Å². The van der Waals surface area contributed by atoms with Gasteiger partial charge in [-0.05, 0) is 17.7 Å². The third kappa shape index (κ3) is 1.95. The molecule has 0 aliphatic carbocycles. The third-order valence-corrected chi connectivity index (χ3v) is 2.82. The maximum atomic E-state index is 12.8. The molecule has 96 valence electrons. The summed E-state index contributed by atoms with van der Waals surface area (Å²) < 4.78 is 14.1. The predicted octanol–water partition coefficient (Wildman–Crippen LogP) is 0.889. The van der Waals surface area contributed by atoms with Crippen molar-refractivity contribution in [2.75, 3.05) is 5.73 Å². The lowest BCUT2D eigenvalue weighted by atomic mass is 10.2. The van der Waals surface area contributed by atoms with Crippen molar-refractivity contribution >= 4 is 17.1 Å². The van der Waals surface area contributed by atoms with Gasteiger partial charge in [0, 0.05) is 0 Å². The van der Waals surface area contributed by atoms with Gasteiger partial charge in [0.05, 0.1) is 12.9 Å². The van der Waals surface area contributed by atoms with Gasteiger partial charge in [0.25, 0.3) is 5.56 Å². The number of nitrogen functional groups attached to an aromatic ring is 1. The van der Waals surface area contributed by atoms with Gasteiger partial charge in [-0.15, -0.1) is 0 Å². The number of H-pyrrole nitrogens is 1. The Morgan fingerprint density at radius 3 is 2.79 bits per heavy atom. The first-order chi connectivity index (χ1) is 9.15. The molecule has 0 spiro atoms. The molecule has 0 unspecified atom stereocenters. The van der Waals surface area contributed by atoms with Crippen molar-refractivity contribution in [1.29, 1.82) is 0 Å². The summed E-state index contributed by atoms with van der Waals surface area (Å²) >= 11 is 0. The highest BCUT2D eigenvalue weighted by Gasteiger charge is 2.10. The van der Waals surface area contributed by atoms with Crippen LogP contribution < -0.4 is 11.3 Å². The summed E-state index contributed by atoms with van der Waals surface area (Å²) in [5.74, 6) is -0.240. The number of hydrogen-bond donors (Lipinski definition) is 2. The molecule has 0 radical (unpaired) electrons. The molecule has 2 aromatic heterocycles. The van der Waals surface area contributed by atoms with Crippen molar-refractivity contribution in [3.05, 3.63) is 52.3 Å². The van der Waals surface area contributed by atoms with E-state index in [0.717, 1.165) is 5.56 Å². The van der Waals surface area contributed by atoms with Gasteiger partial charge in [0.1, 0.15) is 5.82 Å². The van der Waals surface area contributed by atoms with E-state index < -0.39 is 0 Å². The van der Waals surface area contributed by atoms with Crippen LogP contribution in [0.25, 0.3) is 11.2 Å². The Morgan fingerprint density at radius 1 is 1.32 bits per heavy atom. The molecule has 0 fully saturated rings. The Hall–Kier alpha value is -2.70. The summed E-state index contributed by atoms with van der Waals surface area (Å²) in [7, 11) is 0. The summed E-state index contributed by atoms with van der Waals surface area (Å²) in [6.07, 6.45) is 1.39. The fraction of sp³-hybridized carbons (Fsp3) is 0.0833. The molecule has 0 saturated carbocycles. The monoisotopic (exact) mass is 259 g/mol. The van der Waals surface area contributed by atoms with Crippen LogP contribution in [-0.4, -0.2) is 19.5 Å². The highest BCUT2D eigenvalue weighted by Crippen LogP contribution is 2.08. The Kier molecular flexibility index (Phi) is 2.52. The first-order valence-corrected chi connectivity index (χ1v) is 5.59. The van der Waals surface area contributed by atoms with Crippen molar-refractivity contribution in [2.24, 2.45) is 0 Å². The Bertz CT molecular complexity index is 790. The molecule has 7 heteroatoms. The van der Waals surface area contributed by atoms with Crippen LogP contribution in [0.3, 0.4) is 0 Å². The standard InChI is InChI=1S/C12H10FN5O/c13-8-3-1-7(2-4-8)5-18-11(19)9-10(16-6-15-9)17-12(18)14/h1-4,6H,5H2,(H2,14,17)(H,15,16). The Labute approximate surface area is 106 Å². The number of hydrogen-bond acceptors (Lipinski definition) is 4. The smallest absolute Gasteiger partial charge is 0.283 e. The Morgan fingerprint density at radius 2 is 2.05 bits per heavy atom. The summed E-state index contributed by atoms with van der Waals surface area (Å²) in [5.41, 5.74) is 6.78. The van der Waals surface area contributed by atoms with Gasteiger partial charge in [-0.1, -0.05) is 12.1 Å². The zero-order valence-corrected chi connectivity index (χ0v) is 9.80. The number of nitrogens with two attached hydrogens (primary N) is 1. The van der Waals surface area contributed by atoms with Crippen LogP contribution in [0.5, 0.6) is 0 Å². The number of rotatable bonds is 2. The lowest BCUT2D eigenvalue weighted by molar-refractivity contribution is 0.626. The van der Waals surface area contributed by atoms with Crippen LogP contribution in [0.2, 0.25) is 0 Å². The number of nitrogens with one attached hydrogen (secondary N) is 1. The van der Waals surface area contributed by atoms with Gasteiger partial charge in [0.15, 0.2) is 11.2 Å². The van der Waals surface area contributed by atoms with Crippen LogP contribution in [0, 0.1) is 5.82 Å². The van der Waals surface area contributed by atoms with Crippen molar-refractivity contribution in [3.63, 3.8) is 0 Å². The number of anilines is 1. The van der Waals surface area contributed by atoms with Gasteiger partial charge in [0.2, 0.25) is 5.95 Å². The van der Waals surface area contributed by atoms with Gasteiger partial charge in [-0.25, -0.2) is 9.37 Å². The van der Waals surface area contributed by atoms with Crippen molar-refractivity contribution < 1.29 is 4.39 Å². The molecule has 1 aromatic carbocycles. The zero-order valence-electron chi connectivity index (χ0n) is 9.80. The molecule has 19 heavy (non-hydrogen) atoms. The van der Waals surface area contributed by atoms with Gasteiger partial charge in [-0.2, -0.15) is 4.98 Å². The highest BCUT2D eigenvalue weighted by atomic mass is 19.1. The van der Waals surface area contributed by atoms with Crippen LogP contribution in [0.15, 0.2) is 35.4 Å². The van der Waals surface area contributed by atoms with E-state index in [1.165, 1.54) is 23.0 Å². The average molecular weight is 259 g/mol. The van der Waals surface area contributed by atoms with Gasteiger partial charge >= 0.3 is 0 Å². The molecule has 6 nitrogen and oxygen atoms in total. The quantitative estimate of drug-likeness (QED) is 0.715. The van der Waals surface area contributed by atoms with E-state index in [4.69, 9.17) is 5.73 Å². The topological polar surface area (TPSA) is 89.6 Å². The van der Waals surface area contributed by atoms with Crippen LogP contribution in [0.1, 0.15) is 5.56 Å². The molecule has 2 heterocycles. The zero-order chi connectivity index (χ0) is 13.4. The number of benzene rings is 1. The van der Waals surface area contributed by atoms with Crippen molar-refractivity contribution in [1.82, 2.24) is 19.5 Å². The van der Waals surface area contributed by atoms with E-state index in [1.54, 1.807) is 12.1 Å². The fourth-order valence-electron chi connectivity index (χ4n) is 1.86. The largest absolute Gasteiger partial charge is 0.369 e. The van der Waals surface area contributed by atoms with Crippen molar-refractivity contribution in [3.8, 4) is 0 Å². The predicted molar refractivity (Wildman–Crippen MR) is 68.1 cm³/mol. The minimum Gasteiger partial charge on any atom is -0.369 e. The number of aromatic amines is 1. The molecule has 0 saturated heterocycles.